The van der Waals surface area contributed by atoms with Gasteiger partial charge in [-0.3, -0.25) is 4.79 Å². The number of rotatable bonds is 7. The monoisotopic (exact) mass is 338 g/mol. The average molecular weight is 338 g/mol. The largest absolute Gasteiger partial charge is 0.372 e. The molecule has 5 heteroatoms. The van der Waals surface area contributed by atoms with Crippen molar-refractivity contribution in [3.05, 3.63) is 48.2 Å². The smallest absolute Gasteiger partial charge is 0.257 e. The van der Waals surface area contributed by atoms with Crippen molar-refractivity contribution in [1.29, 1.82) is 0 Å². The predicted octanol–water partition coefficient (Wildman–Crippen LogP) is 4.15. The highest BCUT2D eigenvalue weighted by molar-refractivity contribution is 6.04. The van der Waals surface area contributed by atoms with E-state index in [0.717, 1.165) is 44.0 Å². The molecule has 0 radical (unpaired) electrons. The molecular formula is C20H26N4O. The Balaban J connectivity index is 1.56. The Morgan fingerprint density at radius 2 is 1.88 bits per heavy atom. The minimum Gasteiger partial charge on any atom is -0.372 e. The molecule has 25 heavy (non-hydrogen) atoms. The Bertz CT molecular complexity index is 676. The molecule has 0 atom stereocenters. The number of carbonyl (C=O) groups excluding carboxylic acids is 1. The minimum atomic E-state index is -0.137. The lowest BCUT2D eigenvalue weighted by Crippen LogP contribution is -2.17. The van der Waals surface area contributed by atoms with E-state index in [1.807, 2.05) is 18.2 Å². The van der Waals surface area contributed by atoms with Crippen LogP contribution in [0.25, 0.3) is 0 Å². The molecule has 0 unspecified atom stereocenters. The van der Waals surface area contributed by atoms with Gasteiger partial charge in [-0.15, -0.1) is 0 Å². The van der Waals surface area contributed by atoms with Crippen molar-refractivity contribution in [2.24, 2.45) is 0 Å². The van der Waals surface area contributed by atoms with Gasteiger partial charge in [0.25, 0.3) is 5.91 Å². The number of pyridine rings is 1. The van der Waals surface area contributed by atoms with Crippen LogP contribution in [-0.2, 0) is 0 Å². The lowest BCUT2D eigenvalue weighted by molar-refractivity contribution is 0.102. The Kier molecular flexibility index (Phi) is 5.88. The van der Waals surface area contributed by atoms with Gasteiger partial charge in [-0.2, -0.15) is 0 Å². The molecule has 0 saturated carbocycles. The fourth-order valence-electron chi connectivity index (χ4n) is 2.96. The van der Waals surface area contributed by atoms with Gasteiger partial charge in [-0.05, 0) is 55.7 Å². The molecule has 0 bridgehead atoms. The van der Waals surface area contributed by atoms with Gasteiger partial charge in [0.05, 0.1) is 5.56 Å². The maximum Gasteiger partial charge on any atom is 0.257 e. The predicted molar refractivity (Wildman–Crippen MR) is 103 cm³/mol. The second kappa shape index (κ2) is 8.51. The van der Waals surface area contributed by atoms with Crippen LogP contribution in [0.15, 0.2) is 42.6 Å². The number of hydrogen-bond acceptors (Lipinski definition) is 4. The molecule has 2 heterocycles. The summed E-state index contributed by atoms with van der Waals surface area (Å²) in [6.45, 7) is 5.30. The van der Waals surface area contributed by atoms with Crippen LogP contribution in [0.2, 0.25) is 0 Å². The van der Waals surface area contributed by atoms with Crippen molar-refractivity contribution in [2.75, 3.05) is 35.2 Å². The number of benzene rings is 1. The van der Waals surface area contributed by atoms with E-state index in [2.05, 4.69) is 39.6 Å². The first-order valence-electron chi connectivity index (χ1n) is 9.12. The summed E-state index contributed by atoms with van der Waals surface area (Å²) in [6.07, 6.45) is 6.38. The summed E-state index contributed by atoms with van der Waals surface area (Å²) in [7, 11) is 0. The first kappa shape index (κ1) is 17.3. The van der Waals surface area contributed by atoms with E-state index >= 15 is 0 Å². The Labute approximate surface area is 149 Å². The summed E-state index contributed by atoms with van der Waals surface area (Å²) in [4.78, 5) is 19.0. The van der Waals surface area contributed by atoms with E-state index in [4.69, 9.17) is 0 Å². The fourth-order valence-corrected chi connectivity index (χ4v) is 2.96. The van der Waals surface area contributed by atoms with Crippen LogP contribution in [0.1, 0.15) is 43.0 Å². The molecule has 132 valence electrons. The van der Waals surface area contributed by atoms with E-state index in [1.54, 1.807) is 12.3 Å². The van der Waals surface area contributed by atoms with Gasteiger partial charge in [0.1, 0.15) is 5.82 Å². The zero-order valence-corrected chi connectivity index (χ0v) is 14.8. The highest BCUT2D eigenvalue weighted by atomic mass is 16.1. The van der Waals surface area contributed by atoms with Crippen molar-refractivity contribution in [1.82, 2.24) is 4.98 Å². The fraction of sp³-hybridized carbons (Fsp3) is 0.400. The summed E-state index contributed by atoms with van der Waals surface area (Å²) >= 11 is 0. The number of nitrogens with zero attached hydrogens (tertiary/aromatic N) is 2. The quantitative estimate of drug-likeness (QED) is 0.745. The summed E-state index contributed by atoms with van der Waals surface area (Å²) in [5, 5.41) is 6.18. The van der Waals surface area contributed by atoms with Gasteiger partial charge in [-0.1, -0.05) is 13.3 Å². The van der Waals surface area contributed by atoms with E-state index in [1.165, 1.54) is 18.5 Å². The third kappa shape index (κ3) is 4.72. The molecule has 0 spiro atoms. The van der Waals surface area contributed by atoms with Crippen LogP contribution < -0.4 is 15.5 Å². The van der Waals surface area contributed by atoms with Crippen LogP contribution >= 0.6 is 0 Å². The maximum atomic E-state index is 12.3. The SMILES string of the molecule is CCCCNc1ccc(C(=O)Nc2ccc(N3CCCC3)cc2)cn1. The first-order chi connectivity index (χ1) is 12.3. The lowest BCUT2D eigenvalue weighted by Gasteiger charge is -2.17. The maximum absolute atomic E-state index is 12.3. The van der Waals surface area contributed by atoms with Crippen LogP contribution in [0.5, 0.6) is 0 Å². The number of unbranched alkanes of at least 4 members (excludes halogenated alkanes) is 1. The van der Waals surface area contributed by atoms with Crippen molar-refractivity contribution in [2.45, 2.75) is 32.6 Å². The third-order valence-electron chi connectivity index (χ3n) is 4.46. The normalized spacial score (nSPS) is 13.7. The molecule has 1 amide bonds. The van der Waals surface area contributed by atoms with E-state index < -0.39 is 0 Å². The van der Waals surface area contributed by atoms with Gasteiger partial charge in [0.15, 0.2) is 0 Å². The molecule has 2 aromatic rings. The van der Waals surface area contributed by atoms with Gasteiger partial charge in [0, 0.05) is 37.2 Å². The second-order valence-electron chi connectivity index (χ2n) is 6.41. The Hall–Kier alpha value is -2.56. The summed E-state index contributed by atoms with van der Waals surface area (Å²) in [5.74, 6) is 0.668. The van der Waals surface area contributed by atoms with Gasteiger partial charge >= 0.3 is 0 Å². The molecule has 1 aromatic carbocycles. The highest BCUT2D eigenvalue weighted by Gasteiger charge is 2.12. The standard InChI is InChI=1S/C20H26N4O/c1-2-3-12-21-19-11-6-16(15-22-19)20(25)23-17-7-9-18(10-8-17)24-13-4-5-14-24/h6-11,15H,2-5,12-14H2,1H3,(H,21,22)(H,23,25). The van der Waals surface area contributed by atoms with Crippen LogP contribution in [-0.4, -0.2) is 30.5 Å². The average Bonchev–Trinajstić information content (AvgIpc) is 3.18. The number of aromatic nitrogens is 1. The van der Waals surface area contributed by atoms with E-state index in [-0.39, 0.29) is 5.91 Å². The van der Waals surface area contributed by atoms with Gasteiger partial charge in [-0.25, -0.2) is 4.98 Å². The van der Waals surface area contributed by atoms with Gasteiger partial charge in [0.2, 0.25) is 0 Å². The third-order valence-corrected chi connectivity index (χ3v) is 4.46. The van der Waals surface area contributed by atoms with Crippen LogP contribution in [0, 0.1) is 0 Å². The molecule has 1 aliphatic heterocycles. The van der Waals surface area contributed by atoms with Crippen molar-refractivity contribution in [3.63, 3.8) is 0 Å². The number of hydrogen-bond donors (Lipinski definition) is 2. The van der Waals surface area contributed by atoms with E-state index in [0.29, 0.717) is 5.56 Å². The molecule has 0 aliphatic carbocycles. The summed E-state index contributed by atoms with van der Waals surface area (Å²) in [5.41, 5.74) is 2.59. The number of anilines is 3. The molecule has 3 rings (SSSR count). The lowest BCUT2D eigenvalue weighted by atomic mass is 10.2. The Morgan fingerprint density at radius 3 is 2.52 bits per heavy atom. The first-order valence-corrected chi connectivity index (χ1v) is 9.12. The molecule has 1 fully saturated rings. The van der Waals surface area contributed by atoms with Crippen LogP contribution in [0.3, 0.4) is 0 Å². The van der Waals surface area contributed by atoms with Gasteiger partial charge < -0.3 is 15.5 Å². The second-order valence-corrected chi connectivity index (χ2v) is 6.41. The molecular weight excluding hydrogens is 312 g/mol. The highest BCUT2D eigenvalue weighted by Crippen LogP contribution is 2.22. The topological polar surface area (TPSA) is 57.3 Å². The molecule has 2 N–H and O–H groups in total. The molecule has 5 nitrogen and oxygen atoms in total. The zero-order chi connectivity index (χ0) is 17.5. The van der Waals surface area contributed by atoms with Crippen molar-refractivity contribution >= 4 is 23.1 Å². The Morgan fingerprint density at radius 1 is 1.12 bits per heavy atom. The van der Waals surface area contributed by atoms with Crippen LogP contribution in [0.4, 0.5) is 17.2 Å². The minimum absolute atomic E-state index is 0.137. The summed E-state index contributed by atoms with van der Waals surface area (Å²) < 4.78 is 0. The number of carbonyl (C=O) groups is 1. The molecule has 1 aliphatic rings. The number of nitrogens with one attached hydrogen (secondary N) is 2. The summed E-state index contributed by atoms with van der Waals surface area (Å²) in [6, 6.07) is 11.7. The van der Waals surface area contributed by atoms with Crippen molar-refractivity contribution < 1.29 is 4.79 Å². The van der Waals surface area contributed by atoms with E-state index in [9.17, 15) is 4.79 Å². The molecule has 1 saturated heterocycles. The zero-order valence-electron chi connectivity index (χ0n) is 14.8. The van der Waals surface area contributed by atoms with Crippen molar-refractivity contribution in [3.8, 4) is 0 Å². The number of amides is 1. The molecule has 1 aromatic heterocycles.